The van der Waals surface area contributed by atoms with E-state index in [2.05, 4.69) is 10.1 Å². The maximum Gasteiger partial charge on any atom is 0.274 e. The highest BCUT2D eigenvalue weighted by atomic mass is 16.2. The molecule has 0 spiro atoms. The maximum atomic E-state index is 13.0. The SMILES string of the molecule is O=C(c1ccn(-c2ccccc2)n1)N1CCCC(c2nc3ccccc3[nH]2)C1. The van der Waals surface area contributed by atoms with Gasteiger partial charge in [0.25, 0.3) is 5.91 Å². The number of para-hydroxylation sites is 3. The summed E-state index contributed by atoms with van der Waals surface area (Å²) >= 11 is 0. The number of H-pyrrole nitrogens is 1. The van der Waals surface area contributed by atoms with Gasteiger partial charge in [0.05, 0.1) is 16.7 Å². The Hall–Kier alpha value is -3.41. The number of nitrogens with zero attached hydrogens (tertiary/aromatic N) is 4. The first-order chi connectivity index (χ1) is 13.8. The molecule has 2 aromatic heterocycles. The van der Waals surface area contributed by atoms with Crippen LogP contribution in [0.1, 0.15) is 35.1 Å². The van der Waals surface area contributed by atoms with Gasteiger partial charge in [-0.2, -0.15) is 5.10 Å². The molecule has 140 valence electrons. The van der Waals surface area contributed by atoms with Crippen molar-refractivity contribution in [2.24, 2.45) is 0 Å². The van der Waals surface area contributed by atoms with E-state index in [0.29, 0.717) is 12.2 Å². The molecule has 6 nitrogen and oxygen atoms in total. The molecule has 0 saturated carbocycles. The number of benzene rings is 2. The van der Waals surface area contributed by atoms with Crippen LogP contribution in [0.2, 0.25) is 0 Å². The van der Waals surface area contributed by atoms with Gasteiger partial charge in [0.2, 0.25) is 0 Å². The monoisotopic (exact) mass is 371 g/mol. The topological polar surface area (TPSA) is 66.8 Å². The molecule has 0 bridgehead atoms. The van der Waals surface area contributed by atoms with Crippen LogP contribution < -0.4 is 0 Å². The van der Waals surface area contributed by atoms with Crippen LogP contribution in [0, 0.1) is 0 Å². The third kappa shape index (κ3) is 3.07. The molecule has 2 aromatic carbocycles. The number of fused-ring (bicyclic) bond motifs is 1. The van der Waals surface area contributed by atoms with E-state index in [9.17, 15) is 4.79 Å². The Morgan fingerprint density at radius 3 is 2.71 bits per heavy atom. The Morgan fingerprint density at radius 2 is 1.86 bits per heavy atom. The van der Waals surface area contributed by atoms with Gasteiger partial charge >= 0.3 is 0 Å². The molecule has 5 rings (SSSR count). The number of carbonyl (C=O) groups excluding carboxylic acids is 1. The van der Waals surface area contributed by atoms with Crippen LogP contribution in [0.25, 0.3) is 16.7 Å². The minimum absolute atomic E-state index is 0.0181. The number of carbonyl (C=O) groups is 1. The predicted molar refractivity (Wildman–Crippen MR) is 108 cm³/mol. The largest absolute Gasteiger partial charge is 0.342 e. The van der Waals surface area contributed by atoms with E-state index < -0.39 is 0 Å². The Kier molecular flexibility index (Phi) is 4.16. The lowest BCUT2D eigenvalue weighted by Gasteiger charge is -2.31. The summed E-state index contributed by atoms with van der Waals surface area (Å²) in [6.45, 7) is 1.42. The molecule has 1 N–H and O–H groups in total. The lowest BCUT2D eigenvalue weighted by atomic mass is 9.97. The molecule has 28 heavy (non-hydrogen) atoms. The Bertz CT molecular complexity index is 1080. The number of nitrogens with one attached hydrogen (secondary N) is 1. The van der Waals surface area contributed by atoms with E-state index in [1.807, 2.05) is 65.7 Å². The first-order valence-electron chi connectivity index (χ1n) is 9.63. The lowest BCUT2D eigenvalue weighted by molar-refractivity contribution is 0.0698. The average Bonchev–Trinajstić information content (AvgIpc) is 3.41. The molecule has 0 radical (unpaired) electrons. The minimum Gasteiger partial charge on any atom is -0.342 e. The fourth-order valence-corrected chi connectivity index (χ4v) is 3.88. The number of hydrogen-bond donors (Lipinski definition) is 1. The van der Waals surface area contributed by atoms with Crippen molar-refractivity contribution in [1.29, 1.82) is 0 Å². The first-order valence-corrected chi connectivity index (χ1v) is 9.63. The number of hydrogen-bond acceptors (Lipinski definition) is 3. The summed E-state index contributed by atoms with van der Waals surface area (Å²) < 4.78 is 1.74. The molecule has 3 heterocycles. The molecule has 1 fully saturated rings. The second-order valence-electron chi connectivity index (χ2n) is 7.21. The van der Waals surface area contributed by atoms with Gasteiger partial charge < -0.3 is 9.88 Å². The standard InChI is InChI=1S/C22H21N5O/c28-22(20-12-14-27(25-20)17-8-2-1-3-9-17)26-13-6-7-16(15-26)21-23-18-10-4-5-11-19(18)24-21/h1-5,8-12,14,16H,6-7,13,15H2,(H,23,24). The predicted octanol–water partition coefficient (Wildman–Crippen LogP) is 3.77. The van der Waals surface area contributed by atoms with Crippen molar-refractivity contribution in [3.8, 4) is 5.69 Å². The van der Waals surface area contributed by atoms with Crippen molar-refractivity contribution < 1.29 is 4.79 Å². The Balaban J connectivity index is 1.35. The summed E-state index contributed by atoms with van der Waals surface area (Å²) in [6.07, 6.45) is 3.83. The van der Waals surface area contributed by atoms with E-state index in [1.165, 1.54) is 0 Å². The third-order valence-electron chi connectivity index (χ3n) is 5.33. The van der Waals surface area contributed by atoms with Gasteiger partial charge in [0.15, 0.2) is 5.69 Å². The zero-order chi connectivity index (χ0) is 18.9. The molecule has 6 heteroatoms. The average molecular weight is 371 g/mol. The highest BCUT2D eigenvalue weighted by Gasteiger charge is 2.28. The molecule has 1 saturated heterocycles. The summed E-state index contributed by atoms with van der Waals surface area (Å²) in [5.74, 6) is 1.17. The van der Waals surface area contributed by atoms with Crippen LogP contribution in [0.3, 0.4) is 0 Å². The second-order valence-corrected chi connectivity index (χ2v) is 7.21. The van der Waals surface area contributed by atoms with E-state index >= 15 is 0 Å². The van der Waals surface area contributed by atoms with Crippen molar-refractivity contribution in [2.75, 3.05) is 13.1 Å². The summed E-state index contributed by atoms with van der Waals surface area (Å²) in [5.41, 5.74) is 3.44. The zero-order valence-electron chi connectivity index (χ0n) is 15.5. The van der Waals surface area contributed by atoms with Crippen LogP contribution in [0.5, 0.6) is 0 Å². The van der Waals surface area contributed by atoms with Crippen LogP contribution in [0.15, 0.2) is 66.9 Å². The third-order valence-corrected chi connectivity index (χ3v) is 5.33. The zero-order valence-corrected chi connectivity index (χ0v) is 15.5. The number of piperidine rings is 1. The van der Waals surface area contributed by atoms with E-state index in [0.717, 1.165) is 41.9 Å². The number of aromatic amines is 1. The molecule has 1 amide bonds. The van der Waals surface area contributed by atoms with Gasteiger partial charge in [-0.25, -0.2) is 9.67 Å². The van der Waals surface area contributed by atoms with Gasteiger partial charge in [0, 0.05) is 25.2 Å². The smallest absolute Gasteiger partial charge is 0.274 e. The van der Waals surface area contributed by atoms with Crippen molar-refractivity contribution >= 4 is 16.9 Å². The number of rotatable bonds is 3. The van der Waals surface area contributed by atoms with Crippen LogP contribution in [-0.2, 0) is 0 Å². The summed E-state index contributed by atoms with van der Waals surface area (Å²) in [6, 6.07) is 19.7. The summed E-state index contributed by atoms with van der Waals surface area (Å²) in [4.78, 5) is 23.1. The van der Waals surface area contributed by atoms with Crippen LogP contribution in [-0.4, -0.2) is 43.6 Å². The molecule has 1 aliphatic heterocycles. The molecular formula is C22H21N5O. The van der Waals surface area contributed by atoms with Crippen molar-refractivity contribution in [3.05, 3.63) is 78.4 Å². The van der Waals surface area contributed by atoms with Crippen LogP contribution >= 0.6 is 0 Å². The van der Waals surface area contributed by atoms with Crippen molar-refractivity contribution in [3.63, 3.8) is 0 Å². The fourth-order valence-electron chi connectivity index (χ4n) is 3.88. The minimum atomic E-state index is -0.0181. The summed E-state index contributed by atoms with van der Waals surface area (Å²) in [5, 5.41) is 4.49. The highest BCUT2D eigenvalue weighted by molar-refractivity contribution is 5.92. The quantitative estimate of drug-likeness (QED) is 0.596. The van der Waals surface area contributed by atoms with Crippen molar-refractivity contribution in [1.82, 2.24) is 24.6 Å². The second kappa shape index (κ2) is 6.96. The summed E-state index contributed by atoms with van der Waals surface area (Å²) in [7, 11) is 0. The van der Waals surface area contributed by atoms with E-state index in [4.69, 9.17) is 4.98 Å². The number of amides is 1. The number of aromatic nitrogens is 4. The normalized spacial score (nSPS) is 17.1. The molecule has 0 aliphatic carbocycles. The van der Waals surface area contributed by atoms with Gasteiger partial charge in [-0.1, -0.05) is 30.3 Å². The van der Waals surface area contributed by atoms with Gasteiger partial charge in [-0.05, 0) is 43.2 Å². The Morgan fingerprint density at radius 1 is 1.04 bits per heavy atom. The number of imidazole rings is 1. The molecular weight excluding hydrogens is 350 g/mol. The highest BCUT2D eigenvalue weighted by Crippen LogP contribution is 2.27. The van der Waals surface area contributed by atoms with E-state index in [-0.39, 0.29) is 11.8 Å². The van der Waals surface area contributed by atoms with Gasteiger partial charge in [-0.15, -0.1) is 0 Å². The van der Waals surface area contributed by atoms with Gasteiger partial charge in [-0.3, -0.25) is 4.79 Å². The molecule has 1 unspecified atom stereocenters. The van der Waals surface area contributed by atoms with Crippen molar-refractivity contribution in [2.45, 2.75) is 18.8 Å². The molecule has 1 atom stereocenters. The van der Waals surface area contributed by atoms with Gasteiger partial charge in [0.1, 0.15) is 5.82 Å². The molecule has 4 aromatic rings. The van der Waals surface area contributed by atoms with E-state index in [1.54, 1.807) is 10.7 Å². The Labute approximate surface area is 162 Å². The van der Waals surface area contributed by atoms with Crippen LogP contribution in [0.4, 0.5) is 0 Å². The lowest BCUT2D eigenvalue weighted by Crippen LogP contribution is -2.39. The fraction of sp³-hybridized carbons (Fsp3) is 0.227. The molecule has 1 aliphatic rings. The maximum absolute atomic E-state index is 13.0. The number of likely N-dealkylation sites (tertiary alicyclic amines) is 1. The first kappa shape index (κ1) is 16.7.